The lowest BCUT2D eigenvalue weighted by atomic mass is 9.49. The molecule has 0 bridgehead atoms. The number of ether oxygens (including phenoxy) is 1. The highest BCUT2D eigenvalue weighted by atomic mass is 16.5. The molecule has 3 fully saturated rings. The number of nitrogens with one attached hydrogen (secondary N) is 1. The van der Waals surface area contributed by atoms with Crippen LogP contribution in [0.4, 0.5) is 11.4 Å². The molecular weight excluding hydrogens is 642 g/mol. The molecule has 2 aliphatic heterocycles. The van der Waals surface area contributed by atoms with E-state index in [1.54, 1.807) is 18.2 Å². The number of hydrazine groups is 1. The Labute approximate surface area is 296 Å². The maximum absolute atomic E-state index is 15.3. The van der Waals surface area contributed by atoms with Gasteiger partial charge in [0.15, 0.2) is 0 Å². The molecule has 0 aromatic heterocycles. The molecule has 51 heavy (non-hydrogen) atoms. The van der Waals surface area contributed by atoms with Crippen molar-refractivity contribution in [1.82, 2.24) is 5.01 Å². The van der Waals surface area contributed by atoms with Gasteiger partial charge in [0.2, 0.25) is 11.8 Å². The van der Waals surface area contributed by atoms with Crippen LogP contribution in [0.5, 0.6) is 11.5 Å². The van der Waals surface area contributed by atoms with Crippen molar-refractivity contribution in [2.45, 2.75) is 44.4 Å². The van der Waals surface area contributed by atoms with Gasteiger partial charge in [-0.15, -0.1) is 0 Å². The first-order valence-electron chi connectivity index (χ1n) is 17.5. The largest absolute Gasteiger partial charge is 0.508 e. The van der Waals surface area contributed by atoms with E-state index in [1.165, 1.54) is 12.0 Å². The molecule has 2 saturated heterocycles. The Balaban J connectivity index is 1.33. The van der Waals surface area contributed by atoms with E-state index < -0.39 is 46.8 Å². The molecule has 6 unspecified atom stereocenters. The number of phenolic OH excluding ortho intramolecular Hbond substituents is 1. The van der Waals surface area contributed by atoms with Crippen molar-refractivity contribution in [1.29, 1.82) is 0 Å². The van der Waals surface area contributed by atoms with E-state index in [0.717, 1.165) is 28.1 Å². The van der Waals surface area contributed by atoms with Crippen LogP contribution in [0.3, 0.4) is 0 Å². The van der Waals surface area contributed by atoms with Crippen LogP contribution in [0.2, 0.25) is 0 Å². The number of anilines is 2. The molecule has 258 valence electrons. The molecule has 2 N–H and O–H groups in total. The van der Waals surface area contributed by atoms with Gasteiger partial charge in [-0.2, -0.15) is 5.01 Å². The number of benzene rings is 4. The fourth-order valence-corrected chi connectivity index (χ4v) is 9.20. The molecule has 2 heterocycles. The van der Waals surface area contributed by atoms with Gasteiger partial charge in [-0.3, -0.25) is 29.5 Å². The average molecular weight is 682 g/mol. The molecule has 9 heteroatoms. The second-order valence-electron chi connectivity index (χ2n) is 14.0. The van der Waals surface area contributed by atoms with Gasteiger partial charge in [-0.1, -0.05) is 84.8 Å². The van der Waals surface area contributed by atoms with E-state index in [-0.39, 0.29) is 30.4 Å². The number of nitrogens with zero attached hydrogens (tertiary/aromatic N) is 2. The number of carbonyl (C=O) groups excluding carboxylic acids is 4. The van der Waals surface area contributed by atoms with Crippen LogP contribution in [0, 0.1) is 30.6 Å². The van der Waals surface area contributed by atoms with E-state index in [9.17, 15) is 19.5 Å². The van der Waals surface area contributed by atoms with Gasteiger partial charge >= 0.3 is 0 Å². The maximum Gasteiger partial charge on any atom is 0.260 e. The van der Waals surface area contributed by atoms with Crippen LogP contribution in [-0.4, -0.2) is 40.9 Å². The monoisotopic (exact) mass is 681 g/mol. The van der Waals surface area contributed by atoms with Crippen LogP contribution in [0.25, 0.3) is 0 Å². The maximum atomic E-state index is 15.3. The van der Waals surface area contributed by atoms with E-state index in [2.05, 4.69) is 5.43 Å². The second-order valence-corrected chi connectivity index (χ2v) is 14.0. The quantitative estimate of drug-likeness (QED) is 0.170. The number of carbonyl (C=O) groups is 4. The molecule has 1 saturated carbocycles. The number of allylic oxidation sites excluding steroid dienone is 2. The Morgan fingerprint density at radius 2 is 1.57 bits per heavy atom. The molecule has 4 amide bonds. The lowest BCUT2D eigenvalue weighted by Crippen LogP contribution is -2.53. The van der Waals surface area contributed by atoms with Crippen LogP contribution < -0.4 is 15.1 Å². The highest BCUT2D eigenvalue weighted by Crippen LogP contribution is 2.66. The third kappa shape index (κ3) is 4.74. The minimum absolute atomic E-state index is 0.0891. The normalized spacial score (nSPS) is 26.8. The van der Waals surface area contributed by atoms with Gasteiger partial charge in [0, 0.05) is 11.5 Å². The number of imide groups is 2. The van der Waals surface area contributed by atoms with E-state index in [4.69, 9.17) is 4.74 Å². The van der Waals surface area contributed by atoms with Crippen molar-refractivity contribution in [3.05, 3.63) is 131 Å². The first-order valence-corrected chi connectivity index (χ1v) is 17.5. The zero-order chi connectivity index (χ0) is 35.6. The van der Waals surface area contributed by atoms with Crippen molar-refractivity contribution < 1.29 is 29.0 Å². The number of phenols is 1. The first kappa shape index (κ1) is 32.5. The van der Waals surface area contributed by atoms with Gasteiger partial charge in [0.05, 0.1) is 41.7 Å². The van der Waals surface area contributed by atoms with Gasteiger partial charge in [-0.05, 0) is 79.6 Å². The minimum atomic E-state index is -1.52. The topological polar surface area (TPSA) is 116 Å². The molecule has 4 aromatic rings. The zero-order valence-electron chi connectivity index (χ0n) is 28.7. The van der Waals surface area contributed by atoms with Crippen molar-refractivity contribution in [3.8, 4) is 11.5 Å². The molecule has 4 aromatic carbocycles. The van der Waals surface area contributed by atoms with E-state index >= 15 is 4.79 Å². The Bertz CT molecular complexity index is 2090. The summed E-state index contributed by atoms with van der Waals surface area (Å²) in [5.41, 5.74) is 6.53. The number of aromatic hydroxyl groups is 1. The Kier molecular flexibility index (Phi) is 7.81. The third-order valence-corrected chi connectivity index (χ3v) is 11.5. The first-order chi connectivity index (χ1) is 24.7. The van der Waals surface area contributed by atoms with Crippen LogP contribution >= 0.6 is 0 Å². The summed E-state index contributed by atoms with van der Waals surface area (Å²) in [6.07, 6.45) is 3.24. The second kappa shape index (κ2) is 12.3. The van der Waals surface area contributed by atoms with Crippen LogP contribution in [-0.2, 0) is 31.0 Å². The zero-order valence-corrected chi connectivity index (χ0v) is 28.7. The van der Waals surface area contributed by atoms with Gasteiger partial charge in [0.1, 0.15) is 11.5 Å². The van der Waals surface area contributed by atoms with Crippen molar-refractivity contribution in [2.75, 3.05) is 17.4 Å². The molecule has 8 rings (SSSR count). The number of rotatable bonds is 7. The Morgan fingerprint density at radius 3 is 2.25 bits per heavy atom. The molecule has 0 radical (unpaired) electrons. The lowest BCUT2D eigenvalue weighted by molar-refractivity contribution is -0.138. The summed E-state index contributed by atoms with van der Waals surface area (Å²) < 4.78 is 5.86. The summed E-state index contributed by atoms with van der Waals surface area (Å²) in [6, 6.07) is 29.1. The summed E-state index contributed by atoms with van der Waals surface area (Å²) in [4.78, 5) is 60.1. The molecule has 0 spiro atoms. The number of aryl methyl sites for hydroxylation is 2. The standard InChI is InChI=1S/C42H39N3O6/c1-4-25-15-19-28(20-16-25)44-38(47)30-22-21-29-31(35(30)40(44)49)23-32-39(48)45(43-27-17-13-24(2)14-18-27)41(50)42(32,26-9-6-5-7-10-26)37(29)36-33(46)11-8-12-34(36)51-3/h5-21,30-32,35,37,43,46H,4,22-23H2,1-3H3. The summed E-state index contributed by atoms with van der Waals surface area (Å²) in [5, 5.41) is 12.8. The summed E-state index contributed by atoms with van der Waals surface area (Å²) in [7, 11) is 1.50. The molecule has 4 aliphatic rings. The fourth-order valence-electron chi connectivity index (χ4n) is 9.20. The summed E-state index contributed by atoms with van der Waals surface area (Å²) in [5.74, 6) is -4.99. The SMILES string of the molecule is CCc1ccc(N2C(=O)C3CC=C4C(CC5C(=O)N(Nc6ccc(C)cc6)C(=O)C5(c5ccccc5)C4c4c(O)cccc4OC)C3C2=O)cc1. The minimum Gasteiger partial charge on any atom is -0.508 e. The van der Waals surface area contributed by atoms with Crippen molar-refractivity contribution >= 4 is 35.0 Å². The molecule has 2 aliphatic carbocycles. The third-order valence-electron chi connectivity index (χ3n) is 11.5. The highest BCUT2D eigenvalue weighted by Gasteiger charge is 2.71. The van der Waals surface area contributed by atoms with Crippen molar-refractivity contribution in [3.63, 3.8) is 0 Å². The average Bonchev–Trinajstić information content (AvgIpc) is 3.53. The Morgan fingerprint density at radius 1 is 0.843 bits per heavy atom. The number of hydrogen-bond acceptors (Lipinski definition) is 7. The van der Waals surface area contributed by atoms with Gasteiger partial charge < -0.3 is 9.84 Å². The summed E-state index contributed by atoms with van der Waals surface area (Å²) in [6.45, 7) is 4.00. The smallest absolute Gasteiger partial charge is 0.260 e. The highest BCUT2D eigenvalue weighted by molar-refractivity contribution is 6.22. The van der Waals surface area contributed by atoms with Crippen LogP contribution in [0.15, 0.2) is 109 Å². The molecule has 6 atom stereocenters. The lowest BCUT2D eigenvalue weighted by Gasteiger charge is -2.50. The van der Waals surface area contributed by atoms with Gasteiger partial charge in [0.25, 0.3) is 11.8 Å². The van der Waals surface area contributed by atoms with Crippen LogP contribution in [0.1, 0.15) is 47.9 Å². The van der Waals surface area contributed by atoms with E-state index in [0.29, 0.717) is 28.3 Å². The predicted molar refractivity (Wildman–Crippen MR) is 192 cm³/mol. The predicted octanol–water partition coefficient (Wildman–Crippen LogP) is 6.46. The molecule has 9 nitrogen and oxygen atoms in total. The van der Waals surface area contributed by atoms with Crippen molar-refractivity contribution in [2.24, 2.45) is 23.7 Å². The summed E-state index contributed by atoms with van der Waals surface area (Å²) >= 11 is 0. The number of fused-ring (bicyclic) bond motifs is 4. The van der Waals surface area contributed by atoms with Gasteiger partial charge in [-0.25, -0.2) is 0 Å². The number of hydrogen-bond donors (Lipinski definition) is 2. The number of methoxy groups -OCH3 is 1. The molecular formula is C42H39N3O6. The number of amides is 4. The Hall–Kier alpha value is -5.70. The fraction of sp³-hybridized carbons (Fsp3) is 0.286. The van der Waals surface area contributed by atoms with E-state index in [1.807, 2.05) is 98.8 Å².